The predicted octanol–water partition coefficient (Wildman–Crippen LogP) is 4.11. The summed E-state index contributed by atoms with van der Waals surface area (Å²) in [6.45, 7) is 6.88. The lowest BCUT2D eigenvalue weighted by atomic mass is 9.83. The van der Waals surface area contributed by atoms with E-state index in [4.69, 9.17) is 0 Å². The minimum absolute atomic E-state index is 0.104. The van der Waals surface area contributed by atoms with Gasteiger partial charge in [-0.05, 0) is 53.4 Å². The van der Waals surface area contributed by atoms with Crippen molar-refractivity contribution in [2.75, 3.05) is 18.5 Å². The number of nitrogens with one attached hydrogen (secondary N) is 1. The summed E-state index contributed by atoms with van der Waals surface area (Å²) < 4.78 is 13.8. The van der Waals surface area contributed by atoms with Crippen molar-refractivity contribution < 1.29 is 9.50 Å². The summed E-state index contributed by atoms with van der Waals surface area (Å²) in [5.74, 6) is -0.252. The first-order valence-corrected chi connectivity index (χ1v) is 7.07. The number of aliphatic hydroxyl groups excluding tert-OH is 1. The maximum Gasteiger partial charge on any atom is 0.137 e. The zero-order valence-corrected chi connectivity index (χ0v) is 12.8. The van der Waals surface area contributed by atoms with E-state index in [-0.39, 0.29) is 17.8 Å². The summed E-state index contributed by atoms with van der Waals surface area (Å²) in [7, 11) is 0. The summed E-state index contributed by atoms with van der Waals surface area (Å²) in [6.07, 6.45) is 1.82. The number of halogens is 2. The highest BCUT2D eigenvalue weighted by Crippen LogP contribution is 2.29. The quantitative estimate of drug-likeness (QED) is 0.827. The maximum absolute atomic E-state index is 13.3. The van der Waals surface area contributed by atoms with Crippen LogP contribution in [0, 0.1) is 18.2 Å². The Kier molecular flexibility index (Phi) is 5.60. The minimum atomic E-state index is -0.252. The topological polar surface area (TPSA) is 32.3 Å². The van der Waals surface area contributed by atoms with Crippen molar-refractivity contribution in [2.45, 2.75) is 33.6 Å². The third kappa shape index (κ3) is 3.45. The van der Waals surface area contributed by atoms with Crippen LogP contribution < -0.4 is 5.32 Å². The molecule has 0 saturated carbocycles. The SMILES string of the molecule is CCC(CC)(CO)CNc1cc(Br)c(F)cc1C. The van der Waals surface area contributed by atoms with E-state index in [0.29, 0.717) is 11.0 Å². The van der Waals surface area contributed by atoms with Gasteiger partial charge < -0.3 is 10.4 Å². The minimum Gasteiger partial charge on any atom is -0.396 e. The second-order valence-electron chi connectivity index (χ2n) is 4.80. The molecule has 0 unspecified atom stereocenters. The Hall–Kier alpha value is -0.610. The van der Waals surface area contributed by atoms with Crippen LogP contribution in [0.2, 0.25) is 0 Å². The van der Waals surface area contributed by atoms with E-state index < -0.39 is 0 Å². The number of anilines is 1. The van der Waals surface area contributed by atoms with Gasteiger partial charge in [0.25, 0.3) is 0 Å². The molecule has 0 aliphatic rings. The molecule has 0 fully saturated rings. The fraction of sp³-hybridized carbons (Fsp3) is 0.571. The van der Waals surface area contributed by atoms with Crippen LogP contribution in [-0.4, -0.2) is 18.3 Å². The van der Waals surface area contributed by atoms with Crippen LogP contribution in [0.25, 0.3) is 0 Å². The molecule has 1 rings (SSSR count). The second-order valence-corrected chi connectivity index (χ2v) is 5.65. The molecule has 1 aromatic carbocycles. The van der Waals surface area contributed by atoms with Crippen molar-refractivity contribution in [1.82, 2.24) is 0 Å². The molecule has 102 valence electrons. The third-order valence-electron chi connectivity index (χ3n) is 3.76. The van der Waals surface area contributed by atoms with Crippen LogP contribution in [0.1, 0.15) is 32.3 Å². The van der Waals surface area contributed by atoms with Crippen LogP contribution >= 0.6 is 15.9 Å². The molecule has 0 atom stereocenters. The highest BCUT2D eigenvalue weighted by molar-refractivity contribution is 9.10. The number of hydrogen-bond donors (Lipinski definition) is 2. The van der Waals surface area contributed by atoms with E-state index >= 15 is 0 Å². The number of hydrogen-bond acceptors (Lipinski definition) is 2. The highest BCUT2D eigenvalue weighted by Gasteiger charge is 2.25. The number of aliphatic hydroxyl groups is 1. The molecule has 18 heavy (non-hydrogen) atoms. The molecule has 0 aromatic heterocycles. The van der Waals surface area contributed by atoms with E-state index in [1.807, 2.05) is 6.92 Å². The monoisotopic (exact) mass is 317 g/mol. The summed E-state index contributed by atoms with van der Waals surface area (Å²) in [5, 5.41) is 12.8. The zero-order chi connectivity index (χ0) is 13.8. The molecule has 0 spiro atoms. The number of aryl methyl sites for hydroxylation is 1. The molecule has 2 N–H and O–H groups in total. The highest BCUT2D eigenvalue weighted by atomic mass is 79.9. The molecule has 4 heteroatoms. The average Bonchev–Trinajstić information content (AvgIpc) is 2.37. The molecular weight excluding hydrogens is 297 g/mol. The molecule has 0 radical (unpaired) electrons. The maximum atomic E-state index is 13.3. The standard InChI is InChI=1S/C14H21BrFNO/c1-4-14(5-2,9-18)8-17-13-7-11(15)12(16)6-10(13)3/h6-7,17-18H,4-5,8-9H2,1-3H3. The Morgan fingerprint density at radius 1 is 1.33 bits per heavy atom. The van der Waals surface area contributed by atoms with Crippen LogP contribution in [0.15, 0.2) is 16.6 Å². The zero-order valence-electron chi connectivity index (χ0n) is 11.2. The molecule has 0 aliphatic heterocycles. The molecule has 0 heterocycles. The molecule has 0 bridgehead atoms. The van der Waals surface area contributed by atoms with Crippen molar-refractivity contribution in [3.8, 4) is 0 Å². The van der Waals surface area contributed by atoms with Crippen molar-refractivity contribution in [3.63, 3.8) is 0 Å². The van der Waals surface area contributed by atoms with Gasteiger partial charge in [-0.15, -0.1) is 0 Å². The Balaban J connectivity index is 2.83. The first kappa shape index (κ1) is 15.4. The Bertz CT molecular complexity index is 397. The van der Waals surface area contributed by atoms with Crippen LogP contribution in [0.3, 0.4) is 0 Å². The van der Waals surface area contributed by atoms with E-state index in [0.717, 1.165) is 24.1 Å². The lowest BCUT2D eigenvalue weighted by Crippen LogP contribution is -2.32. The van der Waals surface area contributed by atoms with Gasteiger partial charge >= 0.3 is 0 Å². The average molecular weight is 318 g/mol. The molecule has 0 aliphatic carbocycles. The van der Waals surface area contributed by atoms with Gasteiger partial charge in [0.15, 0.2) is 0 Å². The van der Waals surface area contributed by atoms with E-state index in [1.54, 1.807) is 6.07 Å². The van der Waals surface area contributed by atoms with Gasteiger partial charge in [-0.3, -0.25) is 0 Å². The van der Waals surface area contributed by atoms with Gasteiger partial charge in [0.1, 0.15) is 5.82 Å². The van der Waals surface area contributed by atoms with Gasteiger partial charge in [0.2, 0.25) is 0 Å². The van der Waals surface area contributed by atoms with Gasteiger partial charge in [-0.25, -0.2) is 4.39 Å². The predicted molar refractivity (Wildman–Crippen MR) is 77.4 cm³/mol. The molecule has 2 nitrogen and oxygen atoms in total. The van der Waals surface area contributed by atoms with Crippen LogP contribution in [0.5, 0.6) is 0 Å². The Morgan fingerprint density at radius 3 is 2.44 bits per heavy atom. The first-order valence-electron chi connectivity index (χ1n) is 6.28. The third-order valence-corrected chi connectivity index (χ3v) is 4.36. The molecule has 0 amide bonds. The van der Waals surface area contributed by atoms with Crippen LogP contribution in [-0.2, 0) is 0 Å². The first-order chi connectivity index (χ1) is 8.48. The number of rotatable bonds is 6. The van der Waals surface area contributed by atoms with E-state index in [1.165, 1.54) is 6.07 Å². The smallest absolute Gasteiger partial charge is 0.137 e. The van der Waals surface area contributed by atoms with Gasteiger partial charge in [-0.1, -0.05) is 13.8 Å². The Morgan fingerprint density at radius 2 is 1.94 bits per heavy atom. The van der Waals surface area contributed by atoms with Crippen molar-refractivity contribution in [1.29, 1.82) is 0 Å². The van der Waals surface area contributed by atoms with Crippen molar-refractivity contribution in [2.24, 2.45) is 5.41 Å². The summed E-state index contributed by atoms with van der Waals surface area (Å²) in [5.41, 5.74) is 1.67. The van der Waals surface area contributed by atoms with Gasteiger partial charge in [-0.2, -0.15) is 0 Å². The lowest BCUT2D eigenvalue weighted by molar-refractivity contribution is 0.127. The fourth-order valence-corrected chi connectivity index (χ4v) is 2.24. The molecular formula is C14H21BrFNO. The summed E-state index contributed by atoms with van der Waals surface area (Å²) in [6, 6.07) is 3.25. The van der Waals surface area contributed by atoms with Crippen molar-refractivity contribution >= 4 is 21.6 Å². The molecule has 1 aromatic rings. The van der Waals surface area contributed by atoms with Crippen LogP contribution in [0.4, 0.5) is 10.1 Å². The van der Waals surface area contributed by atoms with E-state index in [2.05, 4.69) is 35.1 Å². The largest absolute Gasteiger partial charge is 0.396 e. The lowest BCUT2D eigenvalue weighted by Gasteiger charge is -2.30. The van der Waals surface area contributed by atoms with Gasteiger partial charge in [0, 0.05) is 17.6 Å². The Labute approximate surface area is 117 Å². The number of benzene rings is 1. The fourth-order valence-electron chi connectivity index (χ4n) is 1.90. The summed E-state index contributed by atoms with van der Waals surface area (Å²) >= 11 is 3.19. The van der Waals surface area contributed by atoms with Crippen molar-refractivity contribution in [3.05, 3.63) is 28.0 Å². The summed E-state index contributed by atoms with van der Waals surface area (Å²) in [4.78, 5) is 0. The van der Waals surface area contributed by atoms with E-state index in [9.17, 15) is 9.50 Å². The second kappa shape index (κ2) is 6.53. The molecule has 0 saturated heterocycles. The van der Waals surface area contributed by atoms with Gasteiger partial charge in [0.05, 0.1) is 11.1 Å². The normalized spacial score (nSPS) is 11.7.